The summed E-state index contributed by atoms with van der Waals surface area (Å²) in [7, 11) is 0. The third kappa shape index (κ3) is 1.59. The molecule has 1 aromatic heterocycles. The second-order valence-corrected chi connectivity index (χ2v) is 5.06. The first-order valence-electron chi connectivity index (χ1n) is 6.10. The van der Waals surface area contributed by atoms with E-state index in [0.29, 0.717) is 0 Å². The Morgan fingerprint density at radius 1 is 1.47 bits per heavy atom. The highest BCUT2D eigenvalue weighted by molar-refractivity contribution is 5.24. The smallest absolute Gasteiger partial charge is 0.110 e. The maximum Gasteiger partial charge on any atom is 0.110 e. The van der Waals surface area contributed by atoms with Crippen LogP contribution < -0.4 is 5.73 Å². The van der Waals surface area contributed by atoms with Crippen molar-refractivity contribution in [3.63, 3.8) is 0 Å². The zero-order valence-corrected chi connectivity index (χ0v) is 9.37. The molecule has 3 nitrogen and oxygen atoms in total. The van der Waals surface area contributed by atoms with Crippen LogP contribution in [0.15, 0.2) is 0 Å². The third-order valence-electron chi connectivity index (χ3n) is 3.41. The van der Waals surface area contributed by atoms with Crippen molar-refractivity contribution in [1.82, 2.24) is 9.55 Å². The molecule has 2 N–H and O–H groups in total. The molecule has 1 unspecified atom stereocenters. The van der Waals surface area contributed by atoms with Crippen molar-refractivity contribution in [2.45, 2.75) is 57.5 Å². The van der Waals surface area contributed by atoms with Crippen molar-refractivity contribution in [2.24, 2.45) is 5.73 Å². The average Bonchev–Trinajstić information content (AvgIpc) is 2.78. The van der Waals surface area contributed by atoms with Gasteiger partial charge < -0.3 is 10.3 Å². The van der Waals surface area contributed by atoms with Crippen LogP contribution in [-0.2, 0) is 19.3 Å². The van der Waals surface area contributed by atoms with Gasteiger partial charge in [-0.25, -0.2) is 4.98 Å². The topological polar surface area (TPSA) is 43.8 Å². The molecule has 1 aromatic rings. The fourth-order valence-electron chi connectivity index (χ4n) is 2.65. The summed E-state index contributed by atoms with van der Waals surface area (Å²) in [4.78, 5) is 4.78. The first-order chi connectivity index (χ1) is 7.25. The number of hydrogen-bond acceptors (Lipinski definition) is 2. The molecule has 2 aliphatic rings. The molecule has 0 saturated heterocycles. The number of aryl methyl sites for hydroxylation is 1. The predicted octanol–water partition coefficient (Wildman–Crippen LogP) is 1.60. The SMILES string of the molecule is CC(N)Cc1nc2c(n1C1CC1)CCC2. The second-order valence-electron chi connectivity index (χ2n) is 5.06. The van der Waals surface area contributed by atoms with Gasteiger partial charge in [0.15, 0.2) is 0 Å². The Balaban J connectivity index is 1.98. The van der Waals surface area contributed by atoms with Gasteiger partial charge in [0.25, 0.3) is 0 Å². The van der Waals surface area contributed by atoms with Gasteiger partial charge >= 0.3 is 0 Å². The van der Waals surface area contributed by atoms with E-state index in [1.165, 1.54) is 49.3 Å². The summed E-state index contributed by atoms with van der Waals surface area (Å²) in [5.41, 5.74) is 8.76. The lowest BCUT2D eigenvalue weighted by molar-refractivity contribution is 0.605. The van der Waals surface area contributed by atoms with Gasteiger partial charge in [-0.3, -0.25) is 0 Å². The van der Waals surface area contributed by atoms with Crippen LogP contribution in [0.1, 0.15) is 49.4 Å². The maximum atomic E-state index is 5.88. The second kappa shape index (κ2) is 3.34. The number of nitrogens with two attached hydrogens (primary N) is 1. The van der Waals surface area contributed by atoms with E-state index in [-0.39, 0.29) is 6.04 Å². The molecule has 0 bridgehead atoms. The fourth-order valence-corrected chi connectivity index (χ4v) is 2.65. The van der Waals surface area contributed by atoms with Gasteiger partial charge in [-0.05, 0) is 39.0 Å². The minimum Gasteiger partial charge on any atom is -0.329 e. The summed E-state index contributed by atoms with van der Waals surface area (Å²) >= 11 is 0. The van der Waals surface area contributed by atoms with Crippen molar-refractivity contribution < 1.29 is 0 Å². The first-order valence-corrected chi connectivity index (χ1v) is 6.10. The standard InChI is InChI=1S/C12H19N3/c1-8(13)7-12-14-10-3-2-4-11(10)15(12)9-5-6-9/h8-9H,2-7,13H2,1H3. The molecule has 1 fully saturated rings. The molecular formula is C12H19N3. The molecule has 1 heterocycles. The Bertz CT molecular complexity index is 374. The lowest BCUT2D eigenvalue weighted by atomic mass is 10.2. The van der Waals surface area contributed by atoms with Crippen LogP contribution in [-0.4, -0.2) is 15.6 Å². The average molecular weight is 205 g/mol. The van der Waals surface area contributed by atoms with Gasteiger partial charge in [0, 0.05) is 24.2 Å². The van der Waals surface area contributed by atoms with Crippen molar-refractivity contribution in [3.8, 4) is 0 Å². The van der Waals surface area contributed by atoms with E-state index in [2.05, 4.69) is 11.5 Å². The minimum absolute atomic E-state index is 0.227. The van der Waals surface area contributed by atoms with E-state index in [1.807, 2.05) is 0 Å². The Hall–Kier alpha value is -0.830. The highest BCUT2D eigenvalue weighted by atomic mass is 15.1. The van der Waals surface area contributed by atoms with Crippen molar-refractivity contribution >= 4 is 0 Å². The van der Waals surface area contributed by atoms with E-state index in [4.69, 9.17) is 10.7 Å². The Kier molecular flexibility index (Phi) is 2.09. The van der Waals surface area contributed by atoms with Crippen LogP contribution in [0.4, 0.5) is 0 Å². The van der Waals surface area contributed by atoms with E-state index in [0.717, 1.165) is 12.5 Å². The Morgan fingerprint density at radius 2 is 2.27 bits per heavy atom. The lowest BCUT2D eigenvalue weighted by Crippen LogP contribution is -2.21. The molecular weight excluding hydrogens is 186 g/mol. The molecule has 82 valence electrons. The zero-order chi connectivity index (χ0) is 10.4. The summed E-state index contributed by atoms with van der Waals surface area (Å²) in [6, 6.07) is 0.984. The van der Waals surface area contributed by atoms with Crippen LogP contribution in [0.2, 0.25) is 0 Å². The summed E-state index contributed by atoms with van der Waals surface area (Å²) < 4.78 is 2.51. The van der Waals surface area contributed by atoms with Gasteiger partial charge in [0.05, 0.1) is 5.69 Å². The largest absolute Gasteiger partial charge is 0.329 e. The van der Waals surface area contributed by atoms with E-state index in [1.54, 1.807) is 0 Å². The summed E-state index contributed by atoms with van der Waals surface area (Å²) in [5.74, 6) is 1.25. The van der Waals surface area contributed by atoms with Gasteiger partial charge in [-0.1, -0.05) is 0 Å². The van der Waals surface area contributed by atoms with E-state index >= 15 is 0 Å². The number of hydrogen-bond donors (Lipinski definition) is 1. The van der Waals surface area contributed by atoms with E-state index in [9.17, 15) is 0 Å². The summed E-state index contributed by atoms with van der Waals surface area (Å²) in [5, 5.41) is 0. The maximum absolute atomic E-state index is 5.88. The van der Waals surface area contributed by atoms with Crippen LogP contribution in [0.3, 0.4) is 0 Å². The Morgan fingerprint density at radius 3 is 2.93 bits per heavy atom. The number of nitrogens with zero attached hydrogens (tertiary/aromatic N) is 2. The Labute approximate surface area is 90.7 Å². The van der Waals surface area contributed by atoms with Crippen LogP contribution >= 0.6 is 0 Å². The molecule has 15 heavy (non-hydrogen) atoms. The number of rotatable bonds is 3. The summed E-state index contributed by atoms with van der Waals surface area (Å²) in [6.07, 6.45) is 7.33. The normalized spacial score (nSPS) is 21.7. The molecule has 3 rings (SSSR count). The molecule has 3 heteroatoms. The number of fused-ring (bicyclic) bond motifs is 1. The van der Waals surface area contributed by atoms with Crippen LogP contribution in [0.25, 0.3) is 0 Å². The molecule has 0 aliphatic heterocycles. The molecule has 0 spiro atoms. The molecule has 2 aliphatic carbocycles. The zero-order valence-electron chi connectivity index (χ0n) is 9.37. The number of imidazole rings is 1. The minimum atomic E-state index is 0.227. The van der Waals surface area contributed by atoms with Gasteiger partial charge in [-0.2, -0.15) is 0 Å². The van der Waals surface area contributed by atoms with Gasteiger partial charge in [0.2, 0.25) is 0 Å². The quantitative estimate of drug-likeness (QED) is 0.814. The van der Waals surface area contributed by atoms with Crippen LogP contribution in [0, 0.1) is 0 Å². The highest BCUT2D eigenvalue weighted by Gasteiger charge is 2.31. The molecule has 0 aromatic carbocycles. The predicted molar refractivity (Wildman–Crippen MR) is 59.9 cm³/mol. The monoisotopic (exact) mass is 205 g/mol. The fraction of sp³-hybridized carbons (Fsp3) is 0.750. The van der Waals surface area contributed by atoms with Crippen molar-refractivity contribution in [3.05, 3.63) is 17.2 Å². The van der Waals surface area contributed by atoms with Gasteiger partial charge in [-0.15, -0.1) is 0 Å². The molecule has 0 amide bonds. The number of aromatic nitrogens is 2. The molecule has 1 atom stereocenters. The highest BCUT2D eigenvalue weighted by Crippen LogP contribution is 2.39. The third-order valence-corrected chi connectivity index (χ3v) is 3.41. The van der Waals surface area contributed by atoms with Gasteiger partial charge in [0.1, 0.15) is 5.82 Å². The van der Waals surface area contributed by atoms with Crippen molar-refractivity contribution in [1.29, 1.82) is 0 Å². The lowest BCUT2D eigenvalue weighted by Gasteiger charge is -2.11. The van der Waals surface area contributed by atoms with Crippen LogP contribution in [0.5, 0.6) is 0 Å². The molecule has 0 radical (unpaired) electrons. The van der Waals surface area contributed by atoms with Crippen molar-refractivity contribution in [2.75, 3.05) is 0 Å². The first kappa shape index (κ1) is 9.40. The van der Waals surface area contributed by atoms with E-state index < -0.39 is 0 Å². The molecule has 1 saturated carbocycles. The summed E-state index contributed by atoms with van der Waals surface area (Å²) in [6.45, 7) is 2.07.